The molecule has 0 aliphatic carbocycles. The Morgan fingerprint density at radius 3 is 1.73 bits per heavy atom. The molecule has 7 unspecified atom stereocenters. The van der Waals surface area contributed by atoms with E-state index in [9.17, 15) is 30.3 Å². The van der Waals surface area contributed by atoms with E-state index >= 15 is 0 Å². The number of aliphatic hydroxyl groups is 5. The Bertz CT molecular complexity index is 807. The normalized spacial score (nSPS) is 22.9. The summed E-state index contributed by atoms with van der Waals surface area (Å²) in [4.78, 5) is 12.4. The lowest BCUT2D eigenvalue weighted by molar-refractivity contribution is -0.302. The monoisotopic (exact) mass is 684 g/mol. The first-order valence-corrected chi connectivity index (χ1v) is 19.6. The van der Waals surface area contributed by atoms with Crippen molar-refractivity contribution in [3.8, 4) is 0 Å². The van der Waals surface area contributed by atoms with Gasteiger partial charge in [-0.3, -0.25) is 4.79 Å². The van der Waals surface area contributed by atoms with Crippen molar-refractivity contribution in [1.29, 1.82) is 0 Å². The fraction of sp³-hybridized carbons (Fsp3) is 0.872. The van der Waals surface area contributed by atoms with Crippen LogP contribution in [-0.4, -0.2) is 87.5 Å². The molecule has 0 radical (unpaired) electrons. The zero-order valence-electron chi connectivity index (χ0n) is 30.5. The molecular formula is C39H73NO8. The third-order valence-electron chi connectivity index (χ3n) is 9.28. The van der Waals surface area contributed by atoms with Crippen LogP contribution in [0.2, 0.25) is 0 Å². The van der Waals surface area contributed by atoms with Gasteiger partial charge < -0.3 is 40.3 Å². The molecule has 0 bridgehead atoms. The molecule has 1 saturated heterocycles. The van der Waals surface area contributed by atoms with E-state index < -0.39 is 49.5 Å². The zero-order chi connectivity index (χ0) is 35.2. The van der Waals surface area contributed by atoms with E-state index in [1.54, 1.807) is 6.08 Å². The van der Waals surface area contributed by atoms with Gasteiger partial charge in [0.2, 0.25) is 5.91 Å². The Hall–Kier alpha value is -1.33. The molecule has 1 aliphatic heterocycles. The van der Waals surface area contributed by atoms with E-state index in [1.165, 1.54) is 109 Å². The minimum absolute atomic E-state index is 0.203. The second kappa shape index (κ2) is 30.5. The molecule has 48 heavy (non-hydrogen) atoms. The third-order valence-corrected chi connectivity index (χ3v) is 9.28. The molecule has 9 heteroatoms. The molecule has 1 fully saturated rings. The Balaban J connectivity index is 2.19. The van der Waals surface area contributed by atoms with E-state index in [-0.39, 0.29) is 12.5 Å². The fourth-order valence-electron chi connectivity index (χ4n) is 6.03. The summed E-state index contributed by atoms with van der Waals surface area (Å²) >= 11 is 0. The zero-order valence-corrected chi connectivity index (χ0v) is 30.5. The average Bonchev–Trinajstić information content (AvgIpc) is 3.09. The minimum Gasteiger partial charge on any atom is -0.394 e. The number of hydrogen-bond acceptors (Lipinski definition) is 8. The summed E-state index contributed by atoms with van der Waals surface area (Å²) in [7, 11) is 0. The molecule has 1 rings (SSSR count). The molecule has 1 heterocycles. The molecule has 9 nitrogen and oxygen atoms in total. The van der Waals surface area contributed by atoms with Gasteiger partial charge in [0, 0.05) is 6.42 Å². The summed E-state index contributed by atoms with van der Waals surface area (Å²) in [6, 6.07) is -0.812. The number of nitrogens with one attached hydrogen (secondary N) is 1. The molecule has 1 amide bonds. The number of carbonyl (C=O) groups excluding carboxylic acids is 1. The molecule has 0 saturated carbocycles. The van der Waals surface area contributed by atoms with Crippen LogP contribution in [0.4, 0.5) is 0 Å². The molecule has 0 spiro atoms. The van der Waals surface area contributed by atoms with E-state index in [4.69, 9.17) is 9.47 Å². The molecule has 0 aromatic rings. The number of aliphatic hydroxyl groups excluding tert-OH is 5. The van der Waals surface area contributed by atoms with Crippen molar-refractivity contribution in [3.05, 3.63) is 24.3 Å². The fourth-order valence-corrected chi connectivity index (χ4v) is 6.03. The van der Waals surface area contributed by atoms with Crippen LogP contribution < -0.4 is 5.32 Å². The highest BCUT2D eigenvalue weighted by Crippen LogP contribution is 2.22. The van der Waals surface area contributed by atoms with E-state index in [1.807, 2.05) is 13.0 Å². The summed E-state index contributed by atoms with van der Waals surface area (Å²) in [5.74, 6) is -0.223. The summed E-state index contributed by atoms with van der Waals surface area (Å²) in [6.07, 6.45) is 27.9. The Kier molecular flexibility index (Phi) is 28.4. The van der Waals surface area contributed by atoms with Gasteiger partial charge >= 0.3 is 0 Å². The third kappa shape index (κ3) is 21.7. The first kappa shape index (κ1) is 44.7. The molecule has 6 N–H and O–H groups in total. The maximum atomic E-state index is 12.4. The van der Waals surface area contributed by atoms with Crippen LogP contribution in [0.15, 0.2) is 24.3 Å². The highest BCUT2D eigenvalue weighted by molar-refractivity contribution is 5.76. The largest absolute Gasteiger partial charge is 0.394 e. The minimum atomic E-state index is -1.56. The Labute approximate surface area is 292 Å². The van der Waals surface area contributed by atoms with Gasteiger partial charge in [-0.05, 0) is 32.1 Å². The Morgan fingerprint density at radius 2 is 1.19 bits per heavy atom. The van der Waals surface area contributed by atoms with Gasteiger partial charge in [0.1, 0.15) is 24.4 Å². The van der Waals surface area contributed by atoms with Crippen LogP contribution >= 0.6 is 0 Å². The highest BCUT2D eigenvalue weighted by Gasteiger charge is 2.44. The lowest BCUT2D eigenvalue weighted by Gasteiger charge is -2.40. The van der Waals surface area contributed by atoms with E-state index in [0.717, 1.165) is 25.7 Å². The molecule has 0 aromatic carbocycles. The van der Waals surface area contributed by atoms with E-state index in [2.05, 4.69) is 24.4 Å². The topological polar surface area (TPSA) is 149 Å². The lowest BCUT2D eigenvalue weighted by Crippen LogP contribution is -2.60. The van der Waals surface area contributed by atoms with Crippen LogP contribution in [0.3, 0.4) is 0 Å². The van der Waals surface area contributed by atoms with Gasteiger partial charge in [-0.2, -0.15) is 0 Å². The van der Waals surface area contributed by atoms with Crippen LogP contribution in [0, 0.1) is 0 Å². The quantitative estimate of drug-likeness (QED) is 0.0346. The van der Waals surface area contributed by atoms with Crippen LogP contribution in [0.5, 0.6) is 0 Å². The summed E-state index contributed by atoms with van der Waals surface area (Å²) in [6.45, 7) is 3.49. The first-order valence-electron chi connectivity index (χ1n) is 19.6. The van der Waals surface area contributed by atoms with Crippen LogP contribution in [-0.2, 0) is 14.3 Å². The van der Waals surface area contributed by atoms with Gasteiger partial charge in [0.25, 0.3) is 0 Å². The number of amides is 1. The van der Waals surface area contributed by atoms with Gasteiger partial charge in [-0.25, -0.2) is 0 Å². The van der Waals surface area contributed by atoms with E-state index in [0.29, 0.717) is 12.8 Å². The number of unbranched alkanes of at least 4 members (excludes halogenated alkanes) is 19. The molecule has 0 aromatic heterocycles. The number of ether oxygens (including phenoxy) is 2. The lowest BCUT2D eigenvalue weighted by atomic mass is 9.99. The second-order valence-electron chi connectivity index (χ2n) is 13.7. The van der Waals surface area contributed by atoms with Gasteiger partial charge in [-0.1, -0.05) is 147 Å². The summed E-state index contributed by atoms with van der Waals surface area (Å²) < 4.78 is 11.0. The van der Waals surface area contributed by atoms with Gasteiger partial charge in [-0.15, -0.1) is 0 Å². The first-order chi connectivity index (χ1) is 23.3. The SMILES string of the molecule is CCCCCCCCCCCCCCCCCCC/C=C/CC/C=C/C(O)C(COC1OC(CO)C(O)C(O)C1O)NC(=O)CCCC. The van der Waals surface area contributed by atoms with Crippen molar-refractivity contribution in [2.24, 2.45) is 0 Å². The summed E-state index contributed by atoms with van der Waals surface area (Å²) in [5, 5.41) is 53.3. The molecular weight excluding hydrogens is 610 g/mol. The van der Waals surface area contributed by atoms with Gasteiger partial charge in [0.05, 0.1) is 25.4 Å². The smallest absolute Gasteiger partial charge is 0.220 e. The summed E-state index contributed by atoms with van der Waals surface area (Å²) in [5.41, 5.74) is 0. The van der Waals surface area contributed by atoms with Crippen LogP contribution in [0.25, 0.3) is 0 Å². The predicted octanol–water partition coefficient (Wildman–Crippen LogP) is 6.77. The highest BCUT2D eigenvalue weighted by atomic mass is 16.7. The number of rotatable bonds is 31. The molecule has 282 valence electrons. The number of allylic oxidation sites excluding steroid dienone is 3. The van der Waals surface area contributed by atoms with Crippen molar-refractivity contribution in [1.82, 2.24) is 5.32 Å². The maximum absolute atomic E-state index is 12.4. The predicted molar refractivity (Wildman–Crippen MR) is 193 cm³/mol. The van der Waals surface area contributed by atoms with Crippen molar-refractivity contribution in [2.75, 3.05) is 13.2 Å². The second-order valence-corrected chi connectivity index (χ2v) is 13.7. The standard InChI is InChI=1S/C39H73NO8/c1-3-5-7-8-9-10-11-12-13-14-15-16-17-18-19-20-21-22-23-24-25-26-27-28-33(42)32(40-35(43)29-6-4-2)31-47-39-38(46)37(45)36(44)34(30-41)48-39/h23-24,27-28,32-34,36-39,41-42,44-46H,3-22,25-26,29-31H2,1-2H3,(H,40,43)/b24-23+,28-27+. The molecule has 7 atom stereocenters. The molecule has 1 aliphatic rings. The number of hydrogen-bond donors (Lipinski definition) is 6. The van der Waals surface area contributed by atoms with Crippen molar-refractivity contribution >= 4 is 5.91 Å². The number of carbonyl (C=O) groups is 1. The van der Waals surface area contributed by atoms with Crippen molar-refractivity contribution in [2.45, 2.75) is 204 Å². The van der Waals surface area contributed by atoms with Crippen molar-refractivity contribution < 1.29 is 39.8 Å². The van der Waals surface area contributed by atoms with Gasteiger partial charge in [0.15, 0.2) is 6.29 Å². The maximum Gasteiger partial charge on any atom is 0.220 e. The Morgan fingerprint density at radius 1 is 0.688 bits per heavy atom. The van der Waals surface area contributed by atoms with Crippen molar-refractivity contribution in [3.63, 3.8) is 0 Å². The average molecular weight is 684 g/mol. The van der Waals surface area contributed by atoms with Crippen LogP contribution in [0.1, 0.15) is 162 Å².